The lowest BCUT2D eigenvalue weighted by atomic mass is 10.2. The normalized spacial score (nSPS) is 16.7. The predicted molar refractivity (Wildman–Crippen MR) is 98.5 cm³/mol. The van der Waals surface area contributed by atoms with Crippen molar-refractivity contribution in [2.75, 3.05) is 26.2 Å². The van der Waals surface area contributed by atoms with Crippen molar-refractivity contribution in [2.45, 2.75) is 11.4 Å². The summed E-state index contributed by atoms with van der Waals surface area (Å²) in [6.45, 7) is 3.57. The Morgan fingerprint density at radius 2 is 1.62 bits per heavy atom. The van der Waals surface area contributed by atoms with Gasteiger partial charge in [-0.15, -0.1) is 4.40 Å². The lowest BCUT2D eigenvalue weighted by molar-refractivity contribution is 0.174. The average Bonchev–Trinajstić information content (AvgIpc) is 2.63. The maximum Gasteiger partial charge on any atom is 0.285 e. The summed E-state index contributed by atoms with van der Waals surface area (Å²) in [7, 11) is -3.95. The Hall–Kier alpha value is -2.45. The van der Waals surface area contributed by atoms with Crippen LogP contribution >= 0.6 is 0 Å². The Kier molecular flexibility index (Phi) is 5.53. The van der Waals surface area contributed by atoms with Crippen molar-refractivity contribution in [1.82, 2.24) is 9.80 Å². The quantitative estimate of drug-likeness (QED) is 0.648. The molecule has 138 valence electrons. The first-order chi connectivity index (χ1) is 12.4. The van der Waals surface area contributed by atoms with Gasteiger partial charge in [0.2, 0.25) is 5.96 Å². The van der Waals surface area contributed by atoms with E-state index >= 15 is 0 Å². The van der Waals surface area contributed by atoms with Gasteiger partial charge in [-0.05, 0) is 29.8 Å². The summed E-state index contributed by atoms with van der Waals surface area (Å²) >= 11 is 0. The fourth-order valence-corrected chi connectivity index (χ4v) is 3.76. The number of piperazine rings is 1. The highest BCUT2D eigenvalue weighted by atomic mass is 32.2. The van der Waals surface area contributed by atoms with Gasteiger partial charge in [0, 0.05) is 32.7 Å². The van der Waals surface area contributed by atoms with Crippen molar-refractivity contribution in [3.05, 3.63) is 66.0 Å². The zero-order chi connectivity index (χ0) is 18.6. The van der Waals surface area contributed by atoms with Crippen LogP contribution in [0.25, 0.3) is 0 Å². The number of nitrogens with zero attached hydrogens (tertiary/aromatic N) is 3. The number of benzene rings is 2. The monoisotopic (exact) mass is 376 g/mol. The number of halogens is 1. The van der Waals surface area contributed by atoms with Crippen LogP contribution in [0.4, 0.5) is 4.39 Å². The molecule has 0 spiro atoms. The first-order valence-corrected chi connectivity index (χ1v) is 9.75. The second-order valence-corrected chi connectivity index (χ2v) is 7.73. The highest BCUT2D eigenvalue weighted by Gasteiger charge is 2.21. The molecule has 2 N–H and O–H groups in total. The van der Waals surface area contributed by atoms with Crippen molar-refractivity contribution in [3.63, 3.8) is 0 Å². The van der Waals surface area contributed by atoms with E-state index < -0.39 is 15.8 Å². The SMILES string of the molecule is NC(=NS(=O)(=O)c1ccc(F)cc1)N1CCN(Cc2ccccc2)CC1. The molecule has 1 aliphatic rings. The predicted octanol–water partition coefficient (Wildman–Crippen LogP) is 1.65. The van der Waals surface area contributed by atoms with Crippen molar-refractivity contribution < 1.29 is 12.8 Å². The van der Waals surface area contributed by atoms with Gasteiger partial charge < -0.3 is 10.6 Å². The maximum absolute atomic E-state index is 13.0. The first kappa shape index (κ1) is 18.3. The second-order valence-electron chi connectivity index (χ2n) is 6.13. The summed E-state index contributed by atoms with van der Waals surface area (Å²) in [5.74, 6) is -0.538. The molecular weight excluding hydrogens is 355 g/mol. The summed E-state index contributed by atoms with van der Waals surface area (Å²) < 4.78 is 41.2. The summed E-state index contributed by atoms with van der Waals surface area (Å²) in [6.07, 6.45) is 0. The smallest absolute Gasteiger partial charge is 0.285 e. The van der Waals surface area contributed by atoms with Gasteiger partial charge in [-0.3, -0.25) is 4.90 Å². The van der Waals surface area contributed by atoms with Crippen LogP contribution in [0.3, 0.4) is 0 Å². The number of nitrogens with two attached hydrogens (primary N) is 1. The molecule has 1 heterocycles. The van der Waals surface area contributed by atoms with Crippen LogP contribution in [-0.2, 0) is 16.6 Å². The molecule has 1 fully saturated rings. The van der Waals surface area contributed by atoms with Crippen molar-refractivity contribution in [2.24, 2.45) is 10.1 Å². The number of sulfonamides is 1. The van der Waals surface area contributed by atoms with Crippen molar-refractivity contribution in [1.29, 1.82) is 0 Å². The van der Waals surface area contributed by atoms with Gasteiger partial charge in [0.1, 0.15) is 5.82 Å². The number of hydrogen-bond acceptors (Lipinski definition) is 3. The van der Waals surface area contributed by atoms with E-state index in [1.54, 1.807) is 4.90 Å². The molecule has 6 nitrogen and oxygen atoms in total. The lowest BCUT2D eigenvalue weighted by Gasteiger charge is -2.35. The molecule has 1 aliphatic heterocycles. The molecule has 8 heteroatoms. The van der Waals surface area contributed by atoms with E-state index in [1.807, 2.05) is 18.2 Å². The molecule has 0 saturated carbocycles. The van der Waals surface area contributed by atoms with Gasteiger partial charge in [0.15, 0.2) is 0 Å². The molecular formula is C18H21FN4O2S. The van der Waals surface area contributed by atoms with Crippen LogP contribution in [0, 0.1) is 5.82 Å². The summed E-state index contributed by atoms with van der Waals surface area (Å²) in [5, 5.41) is 0. The zero-order valence-electron chi connectivity index (χ0n) is 14.3. The molecule has 0 bridgehead atoms. The Balaban J connectivity index is 1.61. The first-order valence-electron chi connectivity index (χ1n) is 8.31. The Bertz CT molecular complexity index is 862. The van der Waals surface area contributed by atoms with E-state index in [9.17, 15) is 12.8 Å². The topological polar surface area (TPSA) is 79.0 Å². The molecule has 2 aromatic carbocycles. The van der Waals surface area contributed by atoms with Gasteiger partial charge in [-0.2, -0.15) is 8.42 Å². The largest absolute Gasteiger partial charge is 0.369 e. The Morgan fingerprint density at radius 3 is 2.23 bits per heavy atom. The van der Waals surface area contributed by atoms with Crippen molar-refractivity contribution >= 4 is 16.0 Å². The van der Waals surface area contributed by atoms with E-state index in [0.717, 1.165) is 31.8 Å². The van der Waals surface area contributed by atoms with Gasteiger partial charge in [0.25, 0.3) is 10.0 Å². The summed E-state index contributed by atoms with van der Waals surface area (Å²) in [6, 6.07) is 14.7. The molecule has 0 radical (unpaired) electrons. The fourth-order valence-electron chi connectivity index (χ4n) is 2.82. The summed E-state index contributed by atoms with van der Waals surface area (Å²) in [5.41, 5.74) is 7.14. The van der Waals surface area contributed by atoms with Gasteiger partial charge in [-0.1, -0.05) is 30.3 Å². The minimum absolute atomic E-state index is 0.0336. The van der Waals surface area contributed by atoms with Gasteiger partial charge in [-0.25, -0.2) is 4.39 Å². The van der Waals surface area contributed by atoms with E-state index in [4.69, 9.17) is 5.73 Å². The highest BCUT2D eigenvalue weighted by Crippen LogP contribution is 2.14. The van der Waals surface area contributed by atoms with Crippen molar-refractivity contribution in [3.8, 4) is 0 Å². The molecule has 0 aromatic heterocycles. The van der Waals surface area contributed by atoms with Crippen LogP contribution in [0.5, 0.6) is 0 Å². The summed E-state index contributed by atoms with van der Waals surface area (Å²) in [4.78, 5) is 3.96. The van der Waals surface area contributed by atoms with Crippen LogP contribution in [0.2, 0.25) is 0 Å². The molecule has 0 amide bonds. The number of hydrogen-bond donors (Lipinski definition) is 1. The lowest BCUT2D eigenvalue weighted by Crippen LogP contribution is -2.50. The zero-order valence-corrected chi connectivity index (χ0v) is 15.1. The highest BCUT2D eigenvalue weighted by molar-refractivity contribution is 7.90. The second kappa shape index (κ2) is 7.84. The van der Waals surface area contributed by atoms with Crippen LogP contribution in [-0.4, -0.2) is 50.4 Å². The molecule has 26 heavy (non-hydrogen) atoms. The number of guanidine groups is 1. The van der Waals surface area contributed by atoms with Crippen LogP contribution < -0.4 is 5.73 Å². The average molecular weight is 376 g/mol. The molecule has 0 aliphatic carbocycles. The van der Waals surface area contributed by atoms with E-state index in [0.29, 0.717) is 13.1 Å². The third-order valence-electron chi connectivity index (χ3n) is 4.27. The molecule has 1 saturated heterocycles. The third kappa shape index (κ3) is 4.59. The Labute approximate surface area is 152 Å². The minimum Gasteiger partial charge on any atom is -0.369 e. The van der Waals surface area contributed by atoms with Crippen LogP contribution in [0.1, 0.15) is 5.56 Å². The standard InChI is InChI=1S/C18H21FN4O2S/c19-16-6-8-17(9-7-16)26(24,25)21-18(20)23-12-10-22(11-13-23)14-15-4-2-1-3-5-15/h1-9H,10-14H2,(H2,20,21). The minimum atomic E-state index is -3.95. The fraction of sp³-hybridized carbons (Fsp3) is 0.278. The van der Waals surface area contributed by atoms with Gasteiger partial charge in [0.05, 0.1) is 4.90 Å². The Morgan fingerprint density at radius 1 is 1.00 bits per heavy atom. The third-order valence-corrected chi connectivity index (χ3v) is 5.57. The van der Waals surface area contributed by atoms with E-state index in [1.165, 1.54) is 17.7 Å². The molecule has 2 aromatic rings. The van der Waals surface area contributed by atoms with E-state index in [2.05, 4.69) is 21.4 Å². The molecule has 0 atom stereocenters. The molecule has 0 unspecified atom stereocenters. The molecule has 3 rings (SSSR count). The maximum atomic E-state index is 13.0. The number of rotatable bonds is 4. The van der Waals surface area contributed by atoms with Gasteiger partial charge >= 0.3 is 0 Å². The van der Waals surface area contributed by atoms with Crippen LogP contribution in [0.15, 0.2) is 63.9 Å². The van der Waals surface area contributed by atoms with E-state index in [-0.39, 0.29) is 10.9 Å².